The van der Waals surface area contributed by atoms with Gasteiger partial charge in [0.25, 0.3) is 0 Å². The average Bonchev–Trinajstić information content (AvgIpc) is 1.62. The van der Waals surface area contributed by atoms with Crippen LogP contribution in [0.5, 0.6) is 5.75 Å². The summed E-state index contributed by atoms with van der Waals surface area (Å²) in [5.41, 5.74) is 21.2. The van der Waals surface area contributed by atoms with E-state index in [1.54, 1.807) is 56.4 Å². The number of guanidine groups is 1. The summed E-state index contributed by atoms with van der Waals surface area (Å²) >= 11 is 0.766. The van der Waals surface area contributed by atoms with Gasteiger partial charge in [0.05, 0.1) is 31.7 Å². The maximum absolute atomic E-state index is 16.2. The second kappa shape index (κ2) is 52.0. The molecule has 0 radical (unpaired) electrons. The van der Waals surface area contributed by atoms with Crippen molar-refractivity contribution in [1.29, 1.82) is 5.41 Å². The molecule has 10 rings (SSSR count). The number of carbonyl (C=O) groups is 17. The number of aliphatic hydroxyl groups is 1. The van der Waals surface area contributed by atoms with Crippen molar-refractivity contribution in [2.24, 2.45) is 23.1 Å². The fraction of sp³-hybridized carbons (Fsp3) is 0.495. The lowest BCUT2D eigenvalue weighted by molar-refractivity contribution is -0.149. The van der Waals surface area contributed by atoms with Crippen LogP contribution in [0, 0.1) is 11.3 Å². The molecule has 0 unspecified atom stereocenters. The van der Waals surface area contributed by atoms with Crippen LogP contribution < -0.4 is 75.7 Å². The van der Waals surface area contributed by atoms with E-state index in [-0.39, 0.29) is 115 Å². The zero-order valence-electron chi connectivity index (χ0n) is 80.5. The summed E-state index contributed by atoms with van der Waals surface area (Å²) in [6.45, 7) is 6.62. The lowest BCUT2D eigenvalue weighted by Gasteiger charge is -2.36. The molecule has 4 aromatic carbocycles. The zero-order chi connectivity index (χ0) is 102. The number of thioether (sulfide) groups is 1. The number of H-pyrrole nitrogens is 3. The van der Waals surface area contributed by atoms with Crippen molar-refractivity contribution < 1.29 is 91.7 Å². The zero-order valence-corrected chi connectivity index (χ0v) is 81.4. The van der Waals surface area contributed by atoms with Crippen LogP contribution in [0.15, 0.2) is 122 Å². The van der Waals surface area contributed by atoms with Crippen molar-refractivity contribution in [1.82, 2.24) is 103 Å². The Morgan fingerprint density at radius 1 is 0.532 bits per heavy atom. The Morgan fingerprint density at radius 2 is 1.08 bits per heavy atom. The van der Waals surface area contributed by atoms with Crippen LogP contribution in [0.4, 0.5) is 0 Å². The minimum Gasteiger partial charge on any atom is -0.508 e. The number of imidazole rings is 1. The Bertz CT molecular complexity index is 5600. The Kier molecular flexibility index (Phi) is 40.0. The van der Waals surface area contributed by atoms with Gasteiger partial charge in [-0.3, -0.25) is 86.9 Å². The number of amides is 17. The second-order valence-electron chi connectivity index (χ2n) is 36.3. The van der Waals surface area contributed by atoms with Crippen molar-refractivity contribution >= 4 is 140 Å². The van der Waals surface area contributed by atoms with E-state index in [1.165, 1.54) is 74.7 Å². The highest BCUT2D eigenvalue weighted by Gasteiger charge is 2.46. The first-order valence-electron chi connectivity index (χ1n) is 47.6. The van der Waals surface area contributed by atoms with Crippen LogP contribution in [0.3, 0.4) is 0 Å². The number of phenols is 1. The minimum atomic E-state index is -1.88. The first kappa shape index (κ1) is 109. The van der Waals surface area contributed by atoms with Gasteiger partial charge < -0.3 is 125 Å². The molecule has 43 nitrogen and oxygen atoms in total. The lowest BCUT2D eigenvalue weighted by atomic mass is 9.96. The number of aromatic hydroxyl groups is 1. The SMILES string of the molecule is CCCC[C@H]1C(=O)N(C)[C@@H](CCCC)C(=O)N[C@@H](CCCNC(=N)N)C(=O)N[C@H](C(=O)NCC(N)=O)CSCC(=O)N[C@@H](Cc2ccc(O)cc2)C(=O)N(C)[C@@H](C)C(=O)N[C@@H](CC(N)=O)C(=O)N2CCC[C@H]2C(=O)N[C@@H](Cc2cnc[nH]2)C(=O)N[C@@H](CC(C)C)C(=O)N2CCC[C@H]2C(=O)N[C@@H](Cc2c[nH]c3ccccc23)C(=O)N[C@@H](CO)C(=O)N[C@@H](Cc2c(-c3ccccc3)[nH]c3ccccc23)C(=O)N1C. The molecule has 44 heteroatoms. The van der Waals surface area contributed by atoms with Crippen LogP contribution in [-0.4, -0.2) is 311 Å². The number of fused-ring (bicyclic) bond motifs is 4. The topological polar surface area (TPSA) is 641 Å². The van der Waals surface area contributed by atoms with Crippen LogP contribution >= 0.6 is 11.8 Å². The summed E-state index contributed by atoms with van der Waals surface area (Å²) < 4.78 is 0. The number of para-hydroxylation sites is 2. The summed E-state index contributed by atoms with van der Waals surface area (Å²) in [5.74, 6) is -17.4. The van der Waals surface area contributed by atoms with E-state index in [2.05, 4.69) is 78.4 Å². The standard InChI is InChI=1S/C97H132N24O19S/c1-9-11-30-75-89(133)109-66(29-20-38-103-97(100)101)85(129)116-74(84(128)105-49-80(99)125)51-141-52-81(126)107-70(42-56-34-36-60(123)37-35-56)92(136)117(6)55(5)83(127)112-72(46-79(98)124)95(139)121-40-22-33-77(121)91(135)111-68(44-59-48-102-53-106-59)87(131)113-69(41-54(3)4)94(138)120-39-21-32-76(120)90(134)110-67(43-58-47-104-64-27-18-16-25-61(58)64)86(130)115-73(50-122)88(132)114-71(93(137)119(8)78(31-12-10-2)96(140)118(75)7)45-63-62-26-17-19-28-65(62)108-82(63)57-23-14-13-15-24-57/h13-19,23-28,34-37,47-48,53-55,66-78,104,108,122-123H,9-12,20-22,29-33,38-46,49-52H2,1-8H3,(H2,98,124)(H2,99,125)(H,102,106)(H,105,128)(H,107,126)(H,109,133)(H,110,134)(H,111,135)(H,112,127)(H,113,131)(H,114,132)(H,115,130)(H,116,129)(H4,100,101,103)/t55-,66-,67-,68-,69-,70-,71-,72-,73-,74-,75-,76-,77-,78-/m0/s1. The number of aromatic nitrogens is 4. The number of likely N-dealkylation sites (N-methyl/N-ethyl adjacent to an activating group) is 3. The minimum absolute atomic E-state index is 0.00243. The maximum atomic E-state index is 16.2. The number of unbranched alkanes of at least 4 members (excludes halogenated alkanes) is 2. The van der Waals surface area contributed by atoms with Crippen LogP contribution in [0.1, 0.15) is 147 Å². The van der Waals surface area contributed by atoms with E-state index in [1.807, 2.05) is 56.3 Å². The van der Waals surface area contributed by atoms with Gasteiger partial charge in [-0.1, -0.05) is 132 Å². The Labute approximate surface area is 820 Å². The van der Waals surface area contributed by atoms with E-state index < -0.39 is 222 Å². The van der Waals surface area contributed by atoms with Crippen LogP contribution in [-0.2, 0) is 107 Å². The largest absolute Gasteiger partial charge is 0.508 e. The summed E-state index contributed by atoms with van der Waals surface area (Å²) in [6, 6.07) is 7.64. The molecule has 7 aromatic rings. The molecule has 0 spiro atoms. The first-order chi connectivity index (χ1) is 67.4. The molecule has 3 aliphatic heterocycles. The van der Waals surface area contributed by atoms with Gasteiger partial charge in [0, 0.05) is 118 Å². The number of primary amides is 2. The molecular formula is C97H132N24O19S. The third-order valence-corrected chi connectivity index (χ3v) is 26.5. The van der Waals surface area contributed by atoms with Gasteiger partial charge in [-0.15, -0.1) is 11.8 Å². The van der Waals surface area contributed by atoms with Crippen molar-refractivity contribution in [3.63, 3.8) is 0 Å². The van der Waals surface area contributed by atoms with E-state index in [0.717, 1.165) is 26.5 Å². The molecule has 0 saturated carbocycles. The average molecular weight is 1970 g/mol. The lowest BCUT2D eigenvalue weighted by Crippen LogP contribution is -2.62. The van der Waals surface area contributed by atoms with Crippen LogP contribution in [0.2, 0.25) is 0 Å². The number of nitrogens with one attached hydrogen (secondary N) is 15. The predicted octanol–water partition coefficient (Wildman–Crippen LogP) is -0.233. The van der Waals surface area contributed by atoms with Crippen molar-refractivity contribution in [3.8, 4) is 17.0 Å². The second-order valence-corrected chi connectivity index (χ2v) is 37.3. The fourth-order valence-corrected chi connectivity index (χ4v) is 18.6. The van der Waals surface area contributed by atoms with Crippen LogP contribution in [0.25, 0.3) is 33.1 Å². The number of aliphatic hydroxyl groups excluding tert-OH is 1. The Hall–Kier alpha value is -14.5. The summed E-state index contributed by atoms with van der Waals surface area (Å²) in [7, 11) is 3.95. The van der Waals surface area contributed by atoms with Gasteiger partial charge in [-0.05, 0) is 117 Å². The third-order valence-electron chi connectivity index (χ3n) is 25.5. The maximum Gasteiger partial charge on any atom is 0.246 e. The summed E-state index contributed by atoms with van der Waals surface area (Å²) in [4.78, 5) is 272. The van der Waals surface area contributed by atoms with E-state index in [0.29, 0.717) is 81.1 Å². The summed E-state index contributed by atoms with van der Waals surface area (Å²) in [5, 5.41) is 60.4. The number of benzene rings is 4. The number of nitrogens with zero attached hydrogens (tertiary/aromatic N) is 6. The molecule has 3 aliphatic rings. The van der Waals surface area contributed by atoms with Gasteiger partial charge in [0.1, 0.15) is 90.3 Å². The smallest absolute Gasteiger partial charge is 0.246 e. The monoisotopic (exact) mass is 1970 g/mol. The number of carbonyl (C=O) groups excluding carboxylic acids is 17. The quantitative estimate of drug-likeness (QED) is 0.0180. The number of hydrogen-bond acceptors (Lipinski definition) is 22. The van der Waals surface area contributed by atoms with Gasteiger partial charge in [-0.2, -0.15) is 0 Å². The summed E-state index contributed by atoms with van der Waals surface area (Å²) in [6.07, 6.45) is 4.37. The number of nitrogens with two attached hydrogens (primary N) is 3. The van der Waals surface area contributed by atoms with Gasteiger partial charge >= 0.3 is 0 Å². The molecule has 760 valence electrons. The molecule has 141 heavy (non-hydrogen) atoms. The number of hydrogen-bond donors (Lipinski definition) is 20. The first-order valence-corrected chi connectivity index (χ1v) is 48.7. The molecule has 23 N–H and O–H groups in total. The van der Waals surface area contributed by atoms with E-state index in [9.17, 15) is 48.6 Å². The molecular weight excluding hydrogens is 1840 g/mol. The molecule has 17 amide bonds. The molecule has 3 saturated heterocycles. The molecule has 14 atom stereocenters. The van der Waals surface area contributed by atoms with E-state index in [4.69, 9.17) is 22.6 Å². The molecule has 0 bridgehead atoms. The van der Waals surface area contributed by atoms with Gasteiger partial charge in [0.15, 0.2) is 5.96 Å². The highest BCUT2D eigenvalue weighted by Crippen LogP contribution is 2.34. The Balaban J connectivity index is 1.04. The van der Waals surface area contributed by atoms with Gasteiger partial charge in [0.2, 0.25) is 100 Å². The highest BCUT2D eigenvalue weighted by molar-refractivity contribution is 8.00. The van der Waals surface area contributed by atoms with E-state index >= 15 is 43.2 Å². The number of phenolic OH excluding ortho intramolecular Hbond substituents is 1. The van der Waals surface area contributed by atoms with Crippen molar-refractivity contribution in [2.75, 3.05) is 65.4 Å². The number of aromatic amines is 3. The van der Waals surface area contributed by atoms with Crippen molar-refractivity contribution in [3.05, 3.63) is 144 Å². The Morgan fingerprint density at radius 3 is 1.69 bits per heavy atom. The van der Waals surface area contributed by atoms with Gasteiger partial charge in [-0.25, -0.2) is 4.98 Å². The van der Waals surface area contributed by atoms with Crippen molar-refractivity contribution in [2.45, 2.75) is 235 Å². The molecule has 0 aliphatic carbocycles. The fourth-order valence-electron chi connectivity index (χ4n) is 17.7. The normalized spacial score (nSPS) is 23.7. The molecule has 3 fully saturated rings. The third kappa shape index (κ3) is 29.8. The molecule has 6 heterocycles. The number of rotatable bonds is 27. The highest BCUT2D eigenvalue weighted by atomic mass is 32.2. The predicted molar refractivity (Wildman–Crippen MR) is 524 cm³/mol. The molecule has 3 aromatic heterocycles.